The Labute approximate surface area is 194 Å². The molecule has 0 saturated carbocycles. The van der Waals surface area contributed by atoms with Gasteiger partial charge in [0.25, 0.3) is 0 Å². The third-order valence-corrected chi connectivity index (χ3v) is 6.85. The van der Waals surface area contributed by atoms with Crippen LogP contribution in [-0.2, 0) is 14.3 Å². The van der Waals surface area contributed by atoms with Gasteiger partial charge in [0, 0.05) is 12.5 Å². The van der Waals surface area contributed by atoms with Crippen LogP contribution in [0.4, 0.5) is 4.79 Å². The first-order chi connectivity index (χ1) is 15.5. The van der Waals surface area contributed by atoms with E-state index in [1.54, 1.807) is 34.6 Å². The van der Waals surface area contributed by atoms with Crippen molar-refractivity contribution in [3.8, 4) is 11.1 Å². The van der Waals surface area contributed by atoms with Crippen LogP contribution in [0.5, 0.6) is 0 Å². The van der Waals surface area contributed by atoms with E-state index in [1.807, 2.05) is 24.3 Å². The van der Waals surface area contributed by atoms with Crippen molar-refractivity contribution < 1.29 is 24.2 Å². The molecule has 0 heterocycles. The van der Waals surface area contributed by atoms with Gasteiger partial charge in [0.1, 0.15) is 13.2 Å². The highest BCUT2D eigenvalue weighted by molar-refractivity contribution is 5.87. The number of hydrogen-bond acceptors (Lipinski definition) is 4. The van der Waals surface area contributed by atoms with Crippen molar-refractivity contribution in [2.45, 2.75) is 46.1 Å². The fourth-order valence-corrected chi connectivity index (χ4v) is 4.20. The van der Waals surface area contributed by atoms with Crippen LogP contribution in [-0.4, -0.2) is 53.2 Å². The van der Waals surface area contributed by atoms with Crippen LogP contribution >= 0.6 is 0 Å². The van der Waals surface area contributed by atoms with Crippen LogP contribution in [0.15, 0.2) is 48.5 Å². The summed E-state index contributed by atoms with van der Waals surface area (Å²) < 4.78 is 5.63. The van der Waals surface area contributed by atoms with E-state index < -0.39 is 23.0 Å². The first-order valence-corrected chi connectivity index (χ1v) is 11.1. The van der Waals surface area contributed by atoms with Gasteiger partial charge in [-0.3, -0.25) is 9.59 Å². The molecule has 0 spiro atoms. The first-order valence-electron chi connectivity index (χ1n) is 11.1. The first kappa shape index (κ1) is 24.3. The van der Waals surface area contributed by atoms with Crippen molar-refractivity contribution in [1.82, 2.24) is 10.2 Å². The van der Waals surface area contributed by atoms with Gasteiger partial charge in [0.2, 0.25) is 5.91 Å². The molecule has 2 N–H and O–H groups in total. The Hall–Kier alpha value is -3.35. The maximum absolute atomic E-state index is 13.1. The molecule has 0 radical (unpaired) electrons. The highest BCUT2D eigenvalue weighted by atomic mass is 16.5. The Balaban J connectivity index is 1.70. The van der Waals surface area contributed by atoms with Crippen molar-refractivity contribution in [2.75, 3.05) is 19.7 Å². The lowest BCUT2D eigenvalue weighted by Gasteiger charge is -2.42. The van der Waals surface area contributed by atoms with Crippen molar-refractivity contribution >= 4 is 18.0 Å². The molecule has 0 fully saturated rings. The number of hydrogen-bond donors (Lipinski definition) is 2. The quantitative estimate of drug-likeness (QED) is 0.624. The zero-order valence-electron chi connectivity index (χ0n) is 19.8. The van der Waals surface area contributed by atoms with Crippen molar-refractivity contribution in [3.63, 3.8) is 0 Å². The summed E-state index contributed by atoms with van der Waals surface area (Å²) in [5.41, 5.74) is 2.48. The second-order valence-electron chi connectivity index (χ2n) is 9.41. The number of fused-ring (bicyclic) bond motifs is 3. The molecule has 7 nitrogen and oxygen atoms in total. The summed E-state index contributed by atoms with van der Waals surface area (Å²) in [7, 11) is 0. The standard InChI is InChI=1S/C26H32N2O5/c1-6-28(15-22(29)30)23(31)25(2,3)26(4,5)27-24(32)33-16-21-19-13-9-7-11-17(19)18-12-8-10-14-20(18)21/h7-14,21H,6,15-16H2,1-5H3,(H,27,32)(H,29,30). The van der Waals surface area contributed by atoms with E-state index in [0.717, 1.165) is 22.3 Å². The molecule has 2 amide bonds. The predicted octanol–water partition coefficient (Wildman–Crippen LogP) is 4.26. The van der Waals surface area contributed by atoms with Crippen LogP contribution in [0.1, 0.15) is 51.7 Å². The number of carbonyl (C=O) groups is 3. The van der Waals surface area contributed by atoms with Crippen LogP contribution in [0.3, 0.4) is 0 Å². The van der Waals surface area contributed by atoms with Crippen molar-refractivity contribution in [3.05, 3.63) is 59.7 Å². The minimum Gasteiger partial charge on any atom is -0.480 e. The summed E-state index contributed by atoms with van der Waals surface area (Å²) in [4.78, 5) is 38.2. The number of carbonyl (C=O) groups excluding carboxylic acids is 2. The number of aliphatic carboxylic acids is 1. The lowest BCUT2D eigenvalue weighted by molar-refractivity contribution is -0.151. The third kappa shape index (κ3) is 4.72. The summed E-state index contributed by atoms with van der Waals surface area (Å²) in [5.74, 6) is -1.49. The van der Waals surface area contributed by atoms with E-state index >= 15 is 0 Å². The largest absolute Gasteiger partial charge is 0.480 e. The van der Waals surface area contributed by atoms with Crippen LogP contribution in [0.25, 0.3) is 11.1 Å². The minimum absolute atomic E-state index is 0.0629. The zero-order chi connectivity index (χ0) is 24.4. The molecule has 0 atom stereocenters. The molecule has 1 aliphatic carbocycles. The number of carboxylic acid groups (broad SMARTS) is 1. The van der Waals surface area contributed by atoms with E-state index in [2.05, 4.69) is 29.6 Å². The second kappa shape index (κ2) is 9.25. The third-order valence-electron chi connectivity index (χ3n) is 6.85. The molecule has 33 heavy (non-hydrogen) atoms. The van der Waals surface area contributed by atoms with Gasteiger partial charge in [0.15, 0.2) is 0 Å². The topological polar surface area (TPSA) is 95.9 Å². The summed E-state index contributed by atoms with van der Waals surface area (Å²) in [6, 6.07) is 16.2. The van der Waals surface area contributed by atoms with Crippen LogP contribution in [0, 0.1) is 5.41 Å². The molecule has 0 bridgehead atoms. The normalized spacial score (nSPS) is 13.1. The number of carboxylic acids is 1. The maximum Gasteiger partial charge on any atom is 0.407 e. The van der Waals surface area contributed by atoms with Crippen LogP contribution < -0.4 is 5.32 Å². The van der Waals surface area contributed by atoms with Gasteiger partial charge in [0.05, 0.1) is 11.0 Å². The molecule has 1 aliphatic rings. The monoisotopic (exact) mass is 452 g/mol. The molecular formula is C26H32N2O5. The molecule has 0 aromatic heterocycles. The summed E-state index contributed by atoms with van der Waals surface area (Å²) >= 11 is 0. The number of amides is 2. The van der Waals surface area contributed by atoms with E-state index in [9.17, 15) is 14.4 Å². The Bertz CT molecular complexity index is 1010. The van der Waals surface area contributed by atoms with Gasteiger partial charge in [-0.15, -0.1) is 0 Å². The molecule has 3 rings (SSSR count). The van der Waals surface area contributed by atoms with E-state index in [0.29, 0.717) is 0 Å². The molecule has 2 aromatic carbocycles. The number of benzene rings is 2. The maximum atomic E-state index is 13.1. The van der Waals surface area contributed by atoms with E-state index in [-0.39, 0.29) is 31.5 Å². The van der Waals surface area contributed by atoms with Gasteiger partial charge in [-0.05, 0) is 56.9 Å². The number of nitrogens with one attached hydrogen (secondary N) is 1. The lowest BCUT2D eigenvalue weighted by atomic mass is 9.73. The van der Waals surface area contributed by atoms with Gasteiger partial charge in [-0.1, -0.05) is 48.5 Å². The molecule has 0 saturated heterocycles. The smallest absolute Gasteiger partial charge is 0.407 e. The fraction of sp³-hybridized carbons (Fsp3) is 0.423. The number of nitrogens with zero attached hydrogens (tertiary/aromatic N) is 1. The molecule has 0 aliphatic heterocycles. The molecule has 0 unspecified atom stereocenters. The summed E-state index contributed by atoms with van der Waals surface area (Å²) in [6.45, 7) is 8.64. The molecule has 2 aromatic rings. The highest BCUT2D eigenvalue weighted by Crippen LogP contribution is 2.44. The summed E-state index contributed by atoms with van der Waals surface area (Å²) in [5, 5.41) is 11.9. The number of rotatable bonds is 8. The van der Waals surface area contributed by atoms with Crippen LogP contribution in [0.2, 0.25) is 0 Å². The second-order valence-corrected chi connectivity index (χ2v) is 9.41. The van der Waals surface area contributed by atoms with E-state index in [1.165, 1.54) is 4.90 Å². The van der Waals surface area contributed by atoms with Crippen molar-refractivity contribution in [2.24, 2.45) is 5.41 Å². The number of ether oxygens (including phenoxy) is 1. The Morgan fingerprint density at radius 3 is 1.97 bits per heavy atom. The Morgan fingerprint density at radius 1 is 0.970 bits per heavy atom. The fourth-order valence-electron chi connectivity index (χ4n) is 4.20. The number of likely N-dealkylation sites (N-methyl/N-ethyl adjacent to an activating group) is 1. The average Bonchev–Trinajstić information content (AvgIpc) is 3.08. The lowest BCUT2D eigenvalue weighted by Crippen LogP contribution is -2.60. The van der Waals surface area contributed by atoms with Gasteiger partial charge in [-0.2, -0.15) is 0 Å². The molecule has 7 heteroatoms. The van der Waals surface area contributed by atoms with Gasteiger partial charge < -0.3 is 20.1 Å². The molecular weight excluding hydrogens is 420 g/mol. The van der Waals surface area contributed by atoms with Gasteiger partial charge in [-0.25, -0.2) is 4.79 Å². The highest BCUT2D eigenvalue weighted by Gasteiger charge is 2.46. The summed E-state index contributed by atoms with van der Waals surface area (Å²) in [6.07, 6.45) is -0.621. The Kier molecular flexibility index (Phi) is 6.81. The average molecular weight is 453 g/mol. The van der Waals surface area contributed by atoms with E-state index in [4.69, 9.17) is 9.84 Å². The SMILES string of the molecule is CCN(CC(=O)O)C(=O)C(C)(C)C(C)(C)NC(=O)OCC1c2ccccc2-c2ccccc21. The van der Waals surface area contributed by atoms with Gasteiger partial charge >= 0.3 is 12.1 Å². The Morgan fingerprint density at radius 2 is 1.48 bits per heavy atom. The predicted molar refractivity (Wildman–Crippen MR) is 126 cm³/mol. The minimum atomic E-state index is -1.08. The van der Waals surface area contributed by atoms with Crippen molar-refractivity contribution in [1.29, 1.82) is 0 Å². The number of alkyl carbamates (subject to hydrolysis) is 1. The zero-order valence-corrected chi connectivity index (χ0v) is 19.8. The molecule has 176 valence electrons.